The number of hydrogen-bond donors (Lipinski definition) is 0. The van der Waals surface area contributed by atoms with Gasteiger partial charge in [-0.1, -0.05) is 12.1 Å². The summed E-state index contributed by atoms with van der Waals surface area (Å²) in [6.45, 7) is 2.04. The summed E-state index contributed by atoms with van der Waals surface area (Å²) in [4.78, 5) is 23.7. The third kappa shape index (κ3) is 3.65. The highest BCUT2D eigenvalue weighted by Gasteiger charge is 2.03. The molecule has 0 atom stereocenters. The third-order valence-corrected chi connectivity index (χ3v) is 4.12. The first-order valence-corrected chi connectivity index (χ1v) is 7.57. The molecule has 2 aromatic rings. The molecule has 0 N–H and O–H groups in total. The van der Waals surface area contributed by atoms with Gasteiger partial charge in [-0.2, -0.15) is 0 Å². The normalized spacial score (nSPS) is 12.5. The van der Waals surface area contributed by atoms with Crippen LogP contribution >= 0.6 is 11.3 Å². The fourth-order valence-electron chi connectivity index (χ4n) is 1.84. The number of carbonyl (C=O) groups excluding carboxylic acids is 1. The van der Waals surface area contributed by atoms with E-state index < -0.39 is 5.97 Å². The van der Waals surface area contributed by atoms with Gasteiger partial charge in [-0.3, -0.25) is 4.79 Å². The predicted molar refractivity (Wildman–Crippen MR) is 86.5 cm³/mol. The number of rotatable bonds is 4. The average Bonchev–Trinajstić information content (AvgIpc) is 2.76. The lowest BCUT2D eigenvalue weighted by molar-refractivity contribution is -0.135. The van der Waals surface area contributed by atoms with Gasteiger partial charge in [0.15, 0.2) is 0 Å². The topological polar surface area (TPSA) is 57.5 Å². The van der Waals surface area contributed by atoms with Crippen LogP contribution in [0, 0.1) is 0 Å². The molecule has 0 saturated carbocycles. The van der Waals surface area contributed by atoms with Crippen molar-refractivity contribution in [2.24, 2.45) is 7.05 Å². The van der Waals surface area contributed by atoms with Crippen LogP contribution in [0.5, 0.6) is 5.75 Å². The Hall–Kier alpha value is -2.34. The second kappa shape index (κ2) is 7.09. The van der Waals surface area contributed by atoms with Crippen molar-refractivity contribution >= 4 is 29.5 Å². The van der Waals surface area contributed by atoms with E-state index in [4.69, 9.17) is 9.47 Å². The lowest BCUT2D eigenvalue weighted by Gasteiger charge is -1.98. The first-order valence-electron chi connectivity index (χ1n) is 6.75. The Kier molecular flexibility index (Phi) is 5.16. The number of benzene rings is 1. The van der Waals surface area contributed by atoms with Crippen molar-refractivity contribution in [3.8, 4) is 5.75 Å². The summed E-state index contributed by atoms with van der Waals surface area (Å²) in [6.07, 6.45) is 3.12. The van der Waals surface area contributed by atoms with Crippen molar-refractivity contribution < 1.29 is 14.3 Å². The molecule has 2 rings (SSSR count). The average molecular weight is 319 g/mol. The maximum Gasteiger partial charge on any atom is 0.333 e. The van der Waals surface area contributed by atoms with Crippen LogP contribution in [0.25, 0.3) is 12.2 Å². The molecule has 0 spiro atoms. The van der Waals surface area contributed by atoms with Gasteiger partial charge in [0.1, 0.15) is 10.4 Å². The summed E-state index contributed by atoms with van der Waals surface area (Å²) in [6, 6.07) is 7.39. The SMILES string of the molecule is CCOC(=O)/C=c1/s/c(=C/c2ccc(OC)cc2)c(=O)n1C. The fraction of sp³-hybridized carbons (Fsp3) is 0.250. The zero-order chi connectivity index (χ0) is 16.1. The van der Waals surface area contributed by atoms with Gasteiger partial charge in [-0.05, 0) is 30.7 Å². The summed E-state index contributed by atoms with van der Waals surface area (Å²) in [5.74, 6) is 0.308. The Morgan fingerprint density at radius 3 is 2.59 bits per heavy atom. The van der Waals surface area contributed by atoms with Gasteiger partial charge in [0.25, 0.3) is 5.56 Å². The van der Waals surface area contributed by atoms with Gasteiger partial charge in [0, 0.05) is 7.05 Å². The quantitative estimate of drug-likeness (QED) is 0.776. The van der Waals surface area contributed by atoms with Gasteiger partial charge in [0.2, 0.25) is 0 Å². The number of hydrogen-bond acceptors (Lipinski definition) is 5. The van der Waals surface area contributed by atoms with E-state index in [2.05, 4.69) is 0 Å². The molecule has 0 fully saturated rings. The van der Waals surface area contributed by atoms with E-state index in [1.54, 1.807) is 27.2 Å². The number of ether oxygens (including phenoxy) is 2. The zero-order valence-corrected chi connectivity index (χ0v) is 13.5. The van der Waals surface area contributed by atoms with Gasteiger partial charge in [0.05, 0.1) is 24.3 Å². The van der Waals surface area contributed by atoms with Crippen LogP contribution in [0.4, 0.5) is 0 Å². The zero-order valence-electron chi connectivity index (χ0n) is 12.7. The van der Waals surface area contributed by atoms with Crippen LogP contribution in [0.15, 0.2) is 29.1 Å². The molecule has 0 unspecified atom stereocenters. The van der Waals surface area contributed by atoms with E-state index in [0.29, 0.717) is 15.8 Å². The molecule has 0 bridgehead atoms. The number of aromatic nitrogens is 1. The molecule has 1 aromatic heterocycles. The van der Waals surface area contributed by atoms with Crippen LogP contribution in [0.3, 0.4) is 0 Å². The molecule has 5 nitrogen and oxygen atoms in total. The van der Waals surface area contributed by atoms with Gasteiger partial charge >= 0.3 is 5.97 Å². The molecule has 0 saturated heterocycles. The summed E-state index contributed by atoms with van der Waals surface area (Å²) in [5, 5.41) is 0. The van der Waals surface area contributed by atoms with E-state index in [1.165, 1.54) is 22.0 Å². The highest BCUT2D eigenvalue weighted by atomic mass is 32.1. The largest absolute Gasteiger partial charge is 0.497 e. The minimum absolute atomic E-state index is 0.142. The molecule has 0 amide bonds. The number of thiazole rings is 1. The van der Waals surface area contributed by atoms with Crippen molar-refractivity contribution in [1.29, 1.82) is 0 Å². The van der Waals surface area contributed by atoms with Gasteiger partial charge in [-0.25, -0.2) is 4.79 Å². The molecule has 0 aliphatic heterocycles. The molecule has 0 aliphatic carbocycles. The predicted octanol–water partition coefficient (Wildman–Crippen LogP) is 0.628. The van der Waals surface area contributed by atoms with Crippen molar-refractivity contribution in [3.05, 3.63) is 49.4 Å². The van der Waals surface area contributed by atoms with E-state index in [0.717, 1.165) is 11.3 Å². The van der Waals surface area contributed by atoms with Crippen LogP contribution in [-0.2, 0) is 16.6 Å². The Balaban J connectivity index is 2.46. The van der Waals surface area contributed by atoms with E-state index in [1.807, 2.05) is 24.3 Å². The monoisotopic (exact) mass is 319 g/mol. The molecular formula is C16H17NO4S. The van der Waals surface area contributed by atoms with Crippen LogP contribution < -0.4 is 19.5 Å². The molecule has 0 radical (unpaired) electrons. The maximum atomic E-state index is 12.2. The second-order valence-corrected chi connectivity index (χ2v) is 5.54. The standard InChI is InChI=1S/C16H17NO4S/c1-4-21-15(18)10-14-17(2)16(19)13(22-14)9-11-5-7-12(20-3)8-6-11/h5-10H,4H2,1-3H3/b13-9+,14-10+. The molecule has 22 heavy (non-hydrogen) atoms. The van der Waals surface area contributed by atoms with E-state index >= 15 is 0 Å². The van der Waals surface area contributed by atoms with E-state index in [-0.39, 0.29) is 5.56 Å². The summed E-state index contributed by atoms with van der Waals surface area (Å²) in [7, 11) is 3.24. The number of methoxy groups -OCH3 is 1. The molecule has 0 aliphatic rings. The van der Waals surface area contributed by atoms with Gasteiger partial charge in [-0.15, -0.1) is 11.3 Å². The maximum absolute atomic E-state index is 12.2. The smallest absolute Gasteiger partial charge is 0.333 e. The lowest BCUT2D eigenvalue weighted by atomic mass is 10.2. The Morgan fingerprint density at radius 2 is 2.00 bits per heavy atom. The van der Waals surface area contributed by atoms with Crippen LogP contribution in [0.2, 0.25) is 0 Å². The Bertz CT molecular complexity index is 831. The number of nitrogens with zero attached hydrogens (tertiary/aromatic N) is 1. The minimum atomic E-state index is -0.449. The fourth-order valence-corrected chi connectivity index (χ4v) is 2.86. The first-order chi connectivity index (χ1) is 10.5. The molecule has 6 heteroatoms. The van der Waals surface area contributed by atoms with Crippen LogP contribution in [0.1, 0.15) is 12.5 Å². The summed E-state index contributed by atoms with van der Waals surface area (Å²) < 4.78 is 12.5. The van der Waals surface area contributed by atoms with Crippen molar-refractivity contribution in [1.82, 2.24) is 4.57 Å². The second-order valence-electron chi connectivity index (χ2n) is 4.48. The highest BCUT2D eigenvalue weighted by Crippen LogP contribution is 2.11. The molecular weight excluding hydrogens is 302 g/mol. The van der Waals surface area contributed by atoms with E-state index in [9.17, 15) is 9.59 Å². The molecule has 1 aromatic carbocycles. The summed E-state index contributed by atoms with van der Waals surface area (Å²) in [5.41, 5.74) is 0.749. The van der Waals surface area contributed by atoms with Crippen LogP contribution in [-0.4, -0.2) is 24.3 Å². The Labute approximate surface area is 131 Å². The number of carbonyl (C=O) groups is 1. The molecule has 1 heterocycles. The highest BCUT2D eigenvalue weighted by molar-refractivity contribution is 7.07. The Morgan fingerprint density at radius 1 is 1.32 bits per heavy atom. The van der Waals surface area contributed by atoms with Crippen molar-refractivity contribution in [2.75, 3.05) is 13.7 Å². The van der Waals surface area contributed by atoms with Crippen molar-refractivity contribution in [3.63, 3.8) is 0 Å². The third-order valence-electron chi connectivity index (χ3n) is 3.00. The van der Waals surface area contributed by atoms with Gasteiger partial charge < -0.3 is 14.0 Å². The lowest BCUT2D eigenvalue weighted by Crippen LogP contribution is -2.29. The molecule has 116 valence electrons. The minimum Gasteiger partial charge on any atom is -0.497 e. The van der Waals surface area contributed by atoms with Crippen molar-refractivity contribution in [2.45, 2.75) is 6.92 Å². The first kappa shape index (κ1) is 16.0. The summed E-state index contributed by atoms with van der Waals surface area (Å²) >= 11 is 1.25. The number of esters is 1.